The van der Waals surface area contributed by atoms with Gasteiger partial charge in [-0.2, -0.15) is 5.10 Å². The lowest BCUT2D eigenvalue weighted by atomic mass is 10.1. The first-order valence-electron chi connectivity index (χ1n) is 8.29. The van der Waals surface area contributed by atoms with E-state index in [1.807, 2.05) is 41.9 Å². The Kier molecular flexibility index (Phi) is 5.60. The summed E-state index contributed by atoms with van der Waals surface area (Å²) in [6, 6.07) is 10.3. The molecule has 4 heteroatoms. The molecule has 1 aromatic carbocycles. The third-order valence-electron chi connectivity index (χ3n) is 4.06. The molecule has 4 nitrogen and oxygen atoms in total. The molecule has 0 spiro atoms. The summed E-state index contributed by atoms with van der Waals surface area (Å²) in [5.74, 6) is 0. The fraction of sp³-hybridized carbons (Fsp3) is 0.526. The number of aromatic nitrogens is 2. The van der Waals surface area contributed by atoms with E-state index in [1.54, 1.807) is 0 Å². The standard InChI is InChI=1S/C19H29N3O/c1-14(18-13-22(19(3,4)5)21-15(18)2)20-12-17(23)11-16-9-7-6-8-10-16/h6-10,13-14,17,20,23H,11-12H2,1-5H3. The molecule has 0 saturated heterocycles. The van der Waals surface area contributed by atoms with E-state index < -0.39 is 6.10 Å². The van der Waals surface area contributed by atoms with Gasteiger partial charge in [0.2, 0.25) is 0 Å². The molecule has 0 saturated carbocycles. The summed E-state index contributed by atoms with van der Waals surface area (Å²) < 4.78 is 2.01. The van der Waals surface area contributed by atoms with Gasteiger partial charge in [-0.05, 0) is 46.6 Å². The molecule has 23 heavy (non-hydrogen) atoms. The first kappa shape index (κ1) is 17.7. The van der Waals surface area contributed by atoms with Gasteiger partial charge in [0.05, 0.1) is 17.3 Å². The maximum atomic E-state index is 10.2. The number of aliphatic hydroxyl groups is 1. The van der Waals surface area contributed by atoms with Gasteiger partial charge in [0.1, 0.15) is 0 Å². The van der Waals surface area contributed by atoms with E-state index in [1.165, 1.54) is 5.56 Å². The maximum absolute atomic E-state index is 10.2. The Bertz CT molecular complexity index is 613. The van der Waals surface area contributed by atoms with Crippen molar-refractivity contribution in [2.45, 2.75) is 58.7 Å². The monoisotopic (exact) mass is 315 g/mol. The van der Waals surface area contributed by atoms with Crippen molar-refractivity contribution in [1.29, 1.82) is 0 Å². The Morgan fingerprint density at radius 3 is 2.43 bits per heavy atom. The molecule has 0 radical (unpaired) electrons. The summed E-state index contributed by atoms with van der Waals surface area (Å²) in [5, 5.41) is 18.3. The summed E-state index contributed by atoms with van der Waals surface area (Å²) in [7, 11) is 0. The zero-order valence-corrected chi connectivity index (χ0v) is 14.9. The Labute approximate surface area is 139 Å². The van der Waals surface area contributed by atoms with Crippen molar-refractivity contribution >= 4 is 0 Å². The molecule has 0 aliphatic rings. The SMILES string of the molecule is Cc1nn(C(C)(C)C)cc1C(C)NCC(O)Cc1ccccc1. The minimum Gasteiger partial charge on any atom is -0.391 e. The van der Waals surface area contributed by atoms with Crippen LogP contribution in [-0.4, -0.2) is 27.5 Å². The Hall–Kier alpha value is -1.65. The molecule has 1 aromatic heterocycles. The Balaban J connectivity index is 1.92. The van der Waals surface area contributed by atoms with Crippen LogP contribution in [0.3, 0.4) is 0 Å². The highest BCUT2D eigenvalue weighted by Gasteiger charge is 2.19. The van der Waals surface area contributed by atoms with Crippen LogP contribution in [0.5, 0.6) is 0 Å². The first-order valence-corrected chi connectivity index (χ1v) is 8.29. The van der Waals surface area contributed by atoms with Crippen molar-refractivity contribution in [3.8, 4) is 0 Å². The molecule has 2 rings (SSSR count). The normalized spacial score (nSPS) is 14.7. The largest absolute Gasteiger partial charge is 0.391 e. The molecule has 0 fully saturated rings. The zero-order valence-electron chi connectivity index (χ0n) is 14.9. The third-order valence-corrected chi connectivity index (χ3v) is 4.06. The molecule has 0 aliphatic carbocycles. The number of aliphatic hydroxyl groups excluding tert-OH is 1. The summed E-state index contributed by atoms with van der Waals surface area (Å²) in [6.07, 6.45) is 2.38. The van der Waals surface area contributed by atoms with Gasteiger partial charge in [0.15, 0.2) is 0 Å². The molecular formula is C19H29N3O. The van der Waals surface area contributed by atoms with E-state index in [0.717, 1.165) is 11.3 Å². The van der Waals surface area contributed by atoms with E-state index in [9.17, 15) is 5.11 Å². The van der Waals surface area contributed by atoms with E-state index in [4.69, 9.17) is 0 Å². The molecule has 0 bridgehead atoms. The molecule has 0 amide bonds. The highest BCUT2D eigenvalue weighted by atomic mass is 16.3. The number of hydrogen-bond donors (Lipinski definition) is 2. The summed E-state index contributed by atoms with van der Waals surface area (Å²) in [5.41, 5.74) is 3.37. The second-order valence-electron chi connectivity index (χ2n) is 7.26. The topological polar surface area (TPSA) is 50.1 Å². The quantitative estimate of drug-likeness (QED) is 0.860. The van der Waals surface area contributed by atoms with Crippen molar-refractivity contribution in [2.24, 2.45) is 0 Å². The van der Waals surface area contributed by atoms with Gasteiger partial charge in [-0.15, -0.1) is 0 Å². The van der Waals surface area contributed by atoms with E-state index in [-0.39, 0.29) is 11.6 Å². The molecule has 1 heterocycles. The number of nitrogens with zero attached hydrogens (tertiary/aromatic N) is 2. The molecule has 2 atom stereocenters. The van der Waals surface area contributed by atoms with Gasteiger partial charge in [0, 0.05) is 24.3 Å². The van der Waals surface area contributed by atoms with Crippen LogP contribution in [0.15, 0.2) is 36.5 Å². The van der Waals surface area contributed by atoms with Crippen LogP contribution >= 0.6 is 0 Å². The third kappa shape index (κ3) is 4.91. The molecular weight excluding hydrogens is 286 g/mol. The van der Waals surface area contributed by atoms with Gasteiger partial charge in [-0.25, -0.2) is 0 Å². The molecule has 126 valence electrons. The fourth-order valence-corrected chi connectivity index (χ4v) is 2.62. The number of nitrogens with one attached hydrogen (secondary N) is 1. The predicted molar refractivity (Wildman–Crippen MR) is 94.5 cm³/mol. The molecule has 0 aliphatic heterocycles. The number of benzene rings is 1. The minimum absolute atomic E-state index is 0.0183. The second-order valence-corrected chi connectivity index (χ2v) is 7.26. The maximum Gasteiger partial charge on any atom is 0.0705 e. The van der Waals surface area contributed by atoms with Crippen molar-refractivity contribution in [1.82, 2.24) is 15.1 Å². The first-order chi connectivity index (χ1) is 10.8. The lowest BCUT2D eigenvalue weighted by Crippen LogP contribution is -2.30. The van der Waals surface area contributed by atoms with Crippen LogP contribution in [0.25, 0.3) is 0 Å². The number of hydrogen-bond acceptors (Lipinski definition) is 3. The van der Waals surface area contributed by atoms with Gasteiger partial charge in [-0.1, -0.05) is 30.3 Å². The predicted octanol–water partition coefficient (Wildman–Crippen LogP) is 3.20. The lowest BCUT2D eigenvalue weighted by Gasteiger charge is -2.19. The zero-order chi connectivity index (χ0) is 17.0. The average Bonchev–Trinajstić information content (AvgIpc) is 2.88. The van der Waals surface area contributed by atoms with Crippen LogP contribution < -0.4 is 5.32 Å². The molecule has 2 unspecified atom stereocenters. The van der Waals surface area contributed by atoms with Crippen molar-refractivity contribution < 1.29 is 5.11 Å². The van der Waals surface area contributed by atoms with Gasteiger partial charge in [-0.3, -0.25) is 4.68 Å². The molecule has 2 N–H and O–H groups in total. The highest BCUT2D eigenvalue weighted by molar-refractivity contribution is 5.20. The number of aryl methyl sites for hydroxylation is 1. The Morgan fingerprint density at radius 2 is 1.87 bits per heavy atom. The highest BCUT2D eigenvalue weighted by Crippen LogP contribution is 2.21. The van der Waals surface area contributed by atoms with Crippen molar-refractivity contribution in [3.05, 3.63) is 53.3 Å². The van der Waals surface area contributed by atoms with Crippen molar-refractivity contribution in [3.63, 3.8) is 0 Å². The van der Waals surface area contributed by atoms with Gasteiger partial charge >= 0.3 is 0 Å². The Morgan fingerprint density at radius 1 is 1.22 bits per heavy atom. The minimum atomic E-state index is -0.391. The fourth-order valence-electron chi connectivity index (χ4n) is 2.62. The van der Waals surface area contributed by atoms with Crippen LogP contribution in [0.1, 0.15) is 50.6 Å². The van der Waals surface area contributed by atoms with E-state index in [2.05, 4.69) is 44.3 Å². The summed E-state index contributed by atoms with van der Waals surface area (Å²) >= 11 is 0. The second kappa shape index (κ2) is 7.28. The summed E-state index contributed by atoms with van der Waals surface area (Å²) in [6.45, 7) is 11.2. The van der Waals surface area contributed by atoms with Crippen LogP contribution in [0, 0.1) is 6.92 Å². The van der Waals surface area contributed by atoms with Gasteiger partial charge in [0.25, 0.3) is 0 Å². The van der Waals surface area contributed by atoms with Crippen molar-refractivity contribution in [2.75, 3.05) is 6.54 Å². The lowest BCUT2D eigenvalue weighted by molar-refractivity contribution is 0.168. The van der Waals surface area contributed by atoms with Crippen LogP contribution in [-0.2, 0) is 12.0 Å². The van der Waals surface area contributed by atoms with Gasteiger partial charge < -0.3 is 10.4 Å². The van der Waals surface area contributed by atoms with E-state index in [0.29, 0.717) is 13.0 Å². The molecule has 2 aromatic rings. The average molecular weight is 315 g/mol. The smallest absolute Gasteiger partial charge is 0.0705 e. The number of rotatable bonds is 6. The van der Waals surface area contributed by atoms with Crippen LogP contribution in [0.4, 0.5) is 0 Å². The van der Waals surface area contributed by atoms with Crippen LogP contribution in [0.2, 0.25) is 0 Å². The van der Waals surface area contributed by atoms with E-state index >= 15 is 0 Å². The summed E-state index contributed by atoms with van der Waals surface area (Å²) in [4.78, 5) is 0.